The van der Waals surface area contributed by atoms with E-state index >= 15 is 0 Å². The van der Waals surface area contributed by atoms with Crippen LogP contribution < -0.4 is 5.32 Å². The first-order valence-electron chi connectivity index (χ1n) is 8.57. The number of nitrogens with zero attached hydrogens (tertiary/aromatic N) is 2. The van der Waals surface area contributed by atoms with E-state index in [1.165, 1.54) is 6.08 Å². The number of aryl methyl sites for hydroxylation is 1. The smallest absolute Gasteiger partial charge is 0.323 e. The molecule has 0 radical (unpaired) electrons. The van der Waals surface area contributed by atoms with E-state index in [2.05, 4.69) is 14.9 Å². The van der Waals surface area contributed by atoms with Crippen molar-refractivity contribution in [1.82, 2.24) is 9.78 Å². The van der Waals surface area contributed by atoms with Crippen LogP contribution in [0.1, 0.15) is 11.1 Å². The molecule has 9 heteroatoms. The minimum Gasteiger partial charge on any atom is -0.323 e. The molecule has 148 valence electrons. The molecule has 1 amide bonds. The maximum Gasteiger partial charge on any atom is 0.695 e. The summed E-state index contributed by atoms with van der Waals surface area (Å²) in [4.78, 5) is 20.9. The van der Waals surface area contributed by atoms with Crippen molar-refractivity contribution in [2.24, 2.45) is 7.05 Å². The van der Waals surface area contributed by atoms with Crippen LogP contribution in [0.25, 0.3) is 17.3 Å². The molecule has 2 N–H and O–H groups in total. The Morgan fingerprint density at radius 3 is 2.59 bits per heavy atom. The van der Waals surface area contributed by atoms with E-state index < -0.39 is 8.25 Å². The normalized spacial score (nSPS) is 11.6. The van der Waals surface area contributed by atoms with Gasteiger partial charge in [0.2, 0.25) is 5.91 Å². The zero-order valence-electron chi connectivity index (χ0n) is 15.4. The SMILES string of the molecule is Cn1ncc(/C=C/C(=O)Nc2ccc(CO[P+](=O)O)cc2)c1-c1ccc(Cl)cc1. The second-order valence-corrected chi connectivity index (χ2v) is 7.28. The highest BCUT2D eigenvalue weighted by atomic mass is 35.5. The van der Waals surface area contributed by atoms with Crippen LogP contribution in [0.5, 0.6) is 0 Å². The Morgan fingerprint density at radius 1 is 1.24 bits per heavy atom. The molecule has 1 atom stereocenters. The van der Waals surface area contributed by atoms with Crippen LogP contribution in [0.4, 0.5) is 5.69 Å². The standard InChI is InChI=1S/C20H17ClN3O4P/c1-24-20(15-4-7-17(21)8-5-15)16(12-22-24)6-11-19(25)23-18-9-2-14(3-10-18)13-28-29(26)27/h2-12H,13H2,1H3,(H-,23,25,26,27)/p+1/b11-6+. The van der Waals surface area contributed by atoms with Crippen LogP contribution in [0.3, 0.4) is 0 Å². The monoisotopic (exact) mass is 430 g/mol. The number of benzene rings is 2. The number of hydrogen-bond acceptors (Lipinski definition) is 4. The zero-order chi connectivity index (χ0) is 20.8. The summed E-state index contributed by atoms with van der Waals surface area (Å²) in [5, 5.41) is 7.67. The lowest BCUT2D eigenvalue weighted by atomic mass is 10.1. The largest absolute Gasteiger partial charge is 0.695 e. The Balaban J connectivity index is 1.67. The van der Waals surface area contributed by atoms with Crippen molar-refractivity contribution in [3.05, 3.63) is 77.0 Å². The molecule has 0 saturated carbocycles. The third-order valence-electron chi connectivity index (χ3n) is 4.06. The summed E-state index contributed by atoms with van der Waals surface area (Å²) in [6.45, 7) is 0.0221. The number of halogens is 1. The molecule has 0 saturated heterocycles. The number of hydrogen-bond donors (Lipinski definition) is 2. The highest BCUT2D eigenvalue weighted by Crippen LogP contribution is 2.25. The van der Waals surface area contributed by atoms with Gasteiger partial charge in [0.1, 0.15) is 6.61 Å². The summed E-state index contributed by atoms with van der Waals surface area (Å²) in [6.07, 6.45) is 4.82. The second kappa shape index (κ2) is 9.58. The third-order valence-corrected chi connectivity index (χ3v) is 4.66. The van der Waals surface area contributed by atoms with Crippen molar-refractivity contribution in [2.45, 2.75) is 6.61 Å². The van der Waals surface area contributed by atoms with Gasteiger partial charge in [0.15, 0.2) is 0 Å². The predicted molar refractivity (Wildman–Crippen MR) is 112 cm³/mol. The summed E-state index contributed by atoms with van der Waals surface area (Å²) in [7, 11) is -0.802. The number of amides is 1. The van der Waals surface area contributed by atoms with Gasteiger partial charge in [-0.25, -0.2) is 0 Å². The predicted octanol–water partition coefficient (Wildman–Crippen LogP) is 4.56. The van der Waals surface area contributed by atoms with E-state index in [1.54, 1.807) is 53.4 Å². The molecule has 1 aromatic heterocycles. The van der Waals surface area contributed by atoms with Gasteiger partial charge in [-0.1, -0.05) is 35.9 Å². The Labute approximate surface area is 173 Å². The van der Waals surface area contributed by atoms with Crippen molar-refractivity contribution in [3.8, 4) is 11.3 Å². The van der Waals surface area contributed by atoms with Gasteiger partial charge < -0.3 is 5.32 Å². The number of carbonyl (C=O) groups is 1. The maximum absolute atomic E-state index is 12.2. The molecule has 0 aliphatic carbocycles. The van der Waals surface area contributed by atoms with Gasteiger partial charge >= 0.3 is 8.25 Å². The lowest BCUT2D eigenvalue weighted by molar-refractivity contribution is -0.111. The molecule has 3 rings (SSSR count). The topological polar surface area (TPSA) is 93.5 Å². The first kappa shape index (κ1) is 20.9. The Kier molecular flexibility index (Phi) is 6.90. The van der Waals surface area contributed by atoms with Crippen LogP contribution in [-0.2, 0) is 27.5 Å². The third kappa shape index (κ3) is 5.82. The van der Waals surface area contributed by atoms with Gasteiger partial charge in [-0.05, 0) is 35.9 Å². The van der Waals surface area contributed by atoms with E-state index in [4.69, 9.17) is 16.5 Å². The minimum atomic E-state index is -2.63. The van der Waals surface area contributed by atoms with Gasteiger partial charge in [-0.15, -0.1) is 9.42 Å². The van der Waals surface area contributed by atoms with Crippen LogP contribution in [0, 0.1) is 0 Å². The van der Waals surface area contributed by atoms with Gasteiger partial charge in [0, 0.05) is 39.5 Å². The molecule has 0 aliphatic heterocycles. The lowest BCUT2D eigenvalue weighted by Gasteiger charge is -2.05. The van der Waals surface area contributed by atoms with Crippen molar-refractivity contribution in [1.29, 1.82) is 0 Å². The molecule has 0 spiro atoms. The fourth-order valence-corrected chi connectivity index (χ4v) is 3.09. The van der Waals surface area contributed by atoms with Crippen LogP contribution >= 0.6 is 19.9 Å². The maximum atomic E-state index is 12.2. The number of carbonyl (C=O) groups excluding carboxylic acids is 1. The summed E-state index contributed by atoms with van der Waals surface area (Å²) in [5.74, 6) is -0.293. The zero-order valence-corrected chi connectivity index (χ0v) is 17.1. The van der Waals surface area contributed by atoms with Crippen molar-refractivity contribution in [3.63, 3.8) is 0 Å². The molecule has 0 aliphatic rings. The number of aromatic nitrogens is 2. The van der Waals surface area contributed by atoms with Crippen molar-refractivity contribution in [2.75, 3.05) is 5.32 Å². The second-order valence-electron chi connectivity index (χ2n) is 6.11. The molecule has 0 fully saturated rings. The average molecular weight is 431 g/mol. The van der Waals surface area contributed by atoms with Crippen LogP contribution in [-0.4, -0.2) is 20.6 Å². The molecule has 1 heterocycles. The fourth-order valence-electron chi connectivity index (χ4n) is 2.70. The summed E-state index contributed by atoms with van der Waals surface area (Å²) in [5.41, 5.74) is 3.93. The molecule has 2 aromatic carbocycles. The first-order valence-corrected chi connectivity index (χ1v) is 10.1. The van der Waals surface area contributed by atoms with E-state index in [0.29, 0.717) is 10.7 Å². The summed E-state index contributed by atoms with van der Waals surface area (Å²) >= 11 is 5.95. The quantitative estimate of drug-likeness (QED) is 0.423. The average Bonchev–Trinajstić information content (AvgIpc) is 3.07. The molecule has 3 aromatic rings. The molecular weight excluding hydrogens is 413 g/mol. The lowest BCUT2D eigenvalue weighted by Crippen LogP contribution is -2.07. The van der Waals surface area contributed by atoms with E-state index in [-0.39, 0.29) is 12.5 Å². The van der Waals surface area contributed by atoms with E-state index in [0.717, 1.165) is 22.4 Å². The highest BCUT2D eigenvalue weighted by molar-refractivity contribution is 7.32. The first-order chi connectivity index (χ1) is 13.9. The van der Waals surface area contributed by atoms with E-state index in [1.807, 2.05) is 19.2 Å². The number of nitrogens with one attached hydrogen (secondary N) is 1. The van der Waals surface area contributed by atoms with Gasteiger partial charge in [-0.3, -0.25) is 9.48 Å². The Morgan fingerprint density at radius 2 is 1.93 bits per heavy atom. The molecule has 1 unspecified atom stereocenters. The Hall–Kier alpha value is -2.83. The van der Waals surface area contributed by atoms with Gasteiger partial charge in [-0.2, -0.15) is 5.10 Å². The molecule has 0 bridgehead atoms. The van der Waals surface area contributed by atoms with Crippen molar-refractivity contribution < 1.29 is 18.8 Å². The number of anilines is 1. The van der Waals surface area contributed by atoms with Crippen LogP contribution in [0.15, 0.2) is 60.8 Å². The molecular formula is C20H18ClN3O4P+. The summed E-state index contributed by atoms with van der Waals surface area (Å²) < 4.78 is 16.9. The highest BCUT2D eigenvalue weighted by Gasteiger charge is 2.12. The van der Waals surface area contributed by atoms with Crippen LogP contribution in [0.2, 0.25) is 5.02 Å². The Bertz CT molecular complexity index is 1050. The van der Waals surface area contributed by atoms with Gasteiger partial charge in [0.05, 0.1) is 11.9 Å². The van der Waals surface area contributed by atoms with E-state index in [9.17, 15) is 9.36 Å². The summed E-state index contributed by atoms with van der Waals surface area (Å²) in [6, 6.07) is 14.2. The molecule has 7 nitrogen and oxygen atoms in total. The fraction of sp³-hybridized carbons (Fsp3) is 0.100. The van der Waals surface area contributed by atoms with Crippen molar-refractivity contribution >= 4 is 37.5 Å². The van der Waals surface area contributed by atoms with Gasteiger partial charge in [0.25, 0.3) is 0 Å². The number of rotatable bonds is 7. The minimum absolute atomic E-state index is 0.0221. The molecule has 29 heavy (non-hydrogen) atoms.